The minimum Gasteiger partial charge on any atom is -0.322 e. The van der Waals surface area contributed by atoms with Gasteiger partial charge in [-0.1, -0.05) is 74.0 Å². The summed E-state index contributed by atoms with van der Waals surface area (Å²) in [5.74, 6) is -0.282. The van der Waals surface area contributed by atoms with E-state index >= 15 is 0 Å². The number of nitrogens with one attached hydrogen (secondary N) is 1. The molecule has 0 fully saturated rings. The quantitative estimate of drug-likeness (QED) is 0.222. The van der Waals surface area contributed by atoms with E-state index in [1.54, 1.807) is 10.6 Å². The largest absolute Gasteiger partial charge is 0.322 e. The van der Waals surface area contributed by atoms with Crippen LogP contribution in [0.5, 0.6) is 0 Å². The van der Waals surface area contributed by atoms with E-state index in [9.17, 15) is 9.59 Å². The number of aromatic nitrogens is 2. The Morgan fingerprint density at radius 2 is 1.62 bits per heavy atom. The molecule has 1 N–H and O–H groups in total. The highest BCUT2D eigenvalue weighted by Crippen LogP contribution is 2.31. The summed E-state index contributed by atoms with van der Waals surface area (Å²) < 4.78 is 1.70. The summed E-state index contributed by atoms with van der Waals surface area (Å²) in [6.45, 7) is 5.98. The lowest BCUT2D eigenvalue weighted by Gasteiger charge is -2.21. The highest BCUT2D eigenvalue weighted by Gasteiger charge is 2.23. The van der Waals surface area contributed by atoms with Crippen molar-refractivity contribution in [2.75, 3.05) is 5.32 Å². The zero-order valence-corrected chi connectivity index (χ0v) is 23.6. The number of para-hydroxylation sites is 2. The molecule has 1 amide bonds. The Morgan fingerprint density at radius 3 is 2.26 bits per heavy atom. The van der Waals surface area contributed by atoms with E-state index in [1.165, 1.54) is 11.3 Å². The number of amides is 1. The maximum absolute atomic E-state index is 14.2. The van der Waals surface area contributed by atoms with Gasteiger partial charge in [0.05, 0.1) is 22.5 Å². The van der Waals surface area contributed by atoms with Crippen molar-refractivity contribution in [3.05, 3.63) is 122 Å². The van der Waals surface area contributed by atoms with Crippen LogP contribution in [0.1, 0.15) is 41.0 Å². The molecule has 5 rings (SSSR count). The lowest BCUT2D eigenvalue weighted by atomic mass is 10.0. The van der Waals surface area contributed by atoms with Gasteiger partial charge in [-0.15, -0.1) is 11.3 Å². The molecule has 0 radical (unpaired) electrons. The molecule has 0 saturated heterocycles. The van der Waals surface area contributed by atoms with E-state index in [2.05, 4.69) is 19.2 Å². The smallest absolute Gasteiger partial charge is 0.265 e. The highest BCUT2D eigenvalue weighted by molar-refractivity contribution is 7.13. The number of nitrogens with zero attached hydrogens (tertiary/aromatic N) is 2. The number of hydrogen-bond acceptors (Lipinski definition) is 4. The Hall–Kier alpha value is -4.00. The van der Waals surface area contributed by atoms with Gasteiger partial charge < -0.3 is 5.32 Å². The molecule has 0 saturated carbocycles. The van der Waals surface area contributed by atoms with Crippen LogP contribution in [0, 0.1) is 6.92 Å². The summed E-state index contributed by atoms with van der Waals surface area (Å²) in [5.41, 5.74) is 6.47. The van der Waals surface area contributed by atoms with Crippen molar-refractivity contribution in [1.82, 2.24) is 9.55 Å². The van der Waals surface area contributed by atoms with Crippen LogP contribution < -0.4 is 10.9 Å². The fourth-order valence-corrected chi connectivity index (χ4v) is 5.69. The first-order chi connectivity index (χ1) is 18.9. The zero-order valence-electron chi connectivity index (χ0n) is 22.0. The molecule has 0 aliphatic carbocycles. The number of pyridine rings is 1. The Bertz CT molecular complexity index is 1680. The predicted octanol–water partition coefficient (Wildman–Crippen LogP) is 7.97. The summed E-state index contributed by atoms with van der Waals surface area (Å²) in [7, 11) is 0. The predicted molar refractivity (Wildman–Crippen MR) is 161 cm³/mol. The molecule has 0 unspecified atom stereocenters. The van der Waals surface area contributed by atoms with Crippen LogP contribution in [0.25, 0.3) is 27.5 Å². The van der Waals surface area contributed by atoms with Crippen molar-refractivity contribution in [1.29, 1.82) is 0 Å². The van der Waals surface area contributed by atoms with Crippen molar-refractivity contribution < 1.29 is 4.79 Å². The lowest BCUT2D eigenvalue weighted by Crippen LogP contribution is -2.28. The SMILES string of the molecule is CCc1cccc(CC)c1-n1c(C)c(C(=O)Nc2ccccc2)cc(-c2nc(-c3ccc(Cl)cc3)cs2)c1=O. The molecule has 0 aliphatic rings. The van der Waals surface area contributed by atoms with Crippen molar-refractivity contribution in [2.24, 2.45) is 0 Å². The molecule has 0 bridgehead atoms. The van der Waals surface area contributed by atoms with E-state index < -0.39 is 0 Å². The number of aryl methyl sites for hydroxylation is 2. The number of rotatable bonds is 7. The second-order valence-corrected chi connectivity index (χ2v) is 10.5. The summed E-state index contributed by atoms with van der Waals surface area (Å²) >= 11 is 7.45. The van der Waals surface area contributed by atoms with Crippen LogP contribution in [-0.2, 0) is 12.8 Å². The summed E-state index contributed by atoms with van der Waals surface area (Å²) in [5, 5.41) is 6.11. The fraction of sp³-hybridized carbons (Fsp3) is 0.156. The van der Waals surface area contributed by atoms with E-state index in [0.717, 1.165) is 40.9 Å². The van der Waals surface area contributed by atoms with Gasteiger partial charge in [-0.3, -0.25) is 14.2 Å². The lowest BCUT2D eigenvalue weighted by molar-refractivity contribution is 0.102. The van der Waals surface area contributed by atoms with Crippen LogP contribution in [0.4, 0.5) is 5.69 Å². The van der Waals surface area contributed by atoms with Gasteiger partial charge in [0.2, 0.25) is 0 Å². The summed E-state index contributed by atoms with van der Waals surface area (Å²) in [6, 6.07) is 24.5. The van der Waals surface area contributed by atoms with Crippen LogP contribution in [0.2, 0.25) is 5.02 Å². The number of carbonyl (C=O) groups is 1. The molecule has 2 aromatic heterocycles. The van der Waals surface area contributed by atoms with E-state index in [4.69, 9.17) is 16.6 Å². The third-order valence-corrected chi connectivity index (χ3v) is 7.91. The molecule has 7 heteroatoms. The van der Waals surface area contributed by atoms with Gasteiger partial charge >= 0.3 is 0 Å². The van der Waals surface area contributed by atoms with Gasteiger partial charge in [0, 0.05) is 27.3 Å². The zero-order chi connectivity index (χ0) is 27.5. The molecule has 39 heavy (non-hydrogen) atoms. The summed E-state index contributed by atoms with van der Waals surface area (Å²) in [4.78, 5) is 32.7. The van der Waals surface area contributed by atoms with Gasteiger partial charge in [0.15, 0.2) is 0 Å². The number of thiazole rings is 1. The molecule has 3 aromatic carbocycles. The van der Waals surface area contributed by atoms with Gasteiger partial charge in [-0.2, -0.15) is 0 Å². The first-order valence-electron chi connectivity index (χ1n) is 12.9. The van der Waals surface area contributed by atoms with E-state index in [0.29, 0.717) is 32.5 Å². The summed E-state index contributed by atoms with van der Waals surface area (Å²) in [6.07, 6.45) is 1.51. The fourth-order valence-electron chi connectivity index (χ4n) is 4.73. The molecule has 5 nitrogen and oxygen atoms in total. The second-order valence-electron chi connectivity index (χ2n) is 9.19. The molecule has 0 spiro atoms. The number of halogens is 1. The number of hydrogen-bond donors (Lipinski definition) is 1. The molecule has 196 valence electrons. The van der Waals surface area contributed by atoms with Gasteiger partial charge in [0.25, 0.3) is 11.5 Å². The second kappa shape index (κ2) is 11.4. The third-order valence-electron chi connectivity index (χ3n) is 6.79. The molecule has 0 aliphatic heterocycles. The molecule has 5 aromatic rings. The van der Waals surface area contributed by atoms with Crippen LogP contribution >= 0.6 is 22.9 Å². The number of anilines is 1. The van der Waals surface area contributed by atoms with Crippen molar-refractivity contribution >= 4 is 34.5 Å². The monoisotopic (exact) mass is 553 g/mol. The topological polar surface area (TPSA) is 64.0 Å². The Kier molecular flexibility index (Phi) is 7.77. The third kappa shape index (κ3) is 5.31. The minimum absolute atomic E-state index is 0.198. The van der Waals surface area contributed by atoms with Gasteiger partial charge in [-0.05, 0) is 61.2 Å². The van der Waals surface area contributed by atoms with E-state index in [-0.39, 0.29) is 11.5 Å². The molecule has 0 atom stereocenters. The van der Waals surface area contributed by atoms with Crippen molar-refractivity contribution in [3.8, 4) is 27.5 Å². The maximum atomic E-state index is 14.2. The van der Waals surface area contributed by atoms with Crippen LogP contribution in [0.3, 0.4) is 0 Å². The Morgan fingerprint density at radius 1 is 0.949 bits per heavy atom. The number of carbonyl (C=O) groups excluding carboxylic acids is 1. The van der Waals surface area contributed by atoms with Crippen LogP contribution in [0.15, 0.2) is 89.0 Å². The highest BCUT2D eigenvalue weighted by atomic mass is 35.5. The standard InChI is InChI=1S/C32H28ClN3O2S/c1-4-21-10-9-11-22(5-2)29(21)36-20(3)26(30(37)34-25-12-7-6-8-13-25)18-27(32(36)38)31-35-28(19-39-31)23-14-16-24(33)17-15-23/h6-19H,4-5H2,1-3H3,(H,34,37). The van der Waals surface area contributed by atoms with Gasteiger partial charge in [0.1, 0.15) is 5.01 Å². The maximum Gasteiger partial charge on any atom is 0.265 e. The minimum atomic E-state index is -0.282. The average molecular weight is 554 g/mol. The van der Waals surface area contributed by atoms with Crippen LogP contribution in [-0.4, -0.2) is 15.5 Å². The Labute approximate surface area is 236 Å². The first kappa shape index (κ1) is 26.6. The Balaban J connectivity index is 1.73. The molecule has 2 heterocycles. The first-order valence-corrected chi connectivity index (χ1v) is 14.1. The molecular formula is C32H28ClN3O2S. The van der Waals surface area contributed by atoms with Crippen molar-refractivity contribution in [3.63, 3.8) is 0 Å². The van der Waals surface area contributed by atoms with Gasteiger partial charge in [-0.25, -0.2) is 4.98 Å². The van der Waals surface area contributed by atoms with Crippen molar-refractivity contribution in [2.45, 2.75) is 33.6 Å². The molecular weight excluding hydrogens is 526 g/mol. The average Bonchev–Trinajstić information content (AvgIpc) is 3.44. The van der Waals surface area contributed by atoms with E-state index in [1.807, 2.05) is 85.1 Å². The normalized spacial score (nSPS) is 11.0. The number of benzene rings is 3.